The molecule has 32 heavy (non-hydrogen) atoms. The minimum atomic E-state index is -0.807. The average molecular weight is 444 g/mol. The molecule has 0 bridgehead atoms. The summed E-state index contributed by atoms with van der Waals surface area (Å²) in [5, 5.41) is 16.3. The van der Waals surface area contributed by atoms with E-state index in [2.05, 4.69) is 21.0 Å². The number of pyridine rings is 1. The Morgan fingerprint density at radius 3 is 2.69 bits per heavy atom. The number of benzene rings is 1. The van der Waals surface area contributed by atoms with Crippen molar-refractivity contribution >= 4 is 23.5 Å². The summed E-state index contributed by atoms with van der Waals surface area (Å²) in [5.74, 6) is 4.93. The van der Waals surface area contributed by atoms with E-state index >= 15 is 0 Å². The standard InChI is InChI=1S/C21H27N7O4.H2/c1-3-30-21(12-13-21)32-20(29)25-17-11-7-10-16(24-17)14-31-26-18(19(22)28(2)27-23)15-8-5-4-6-9-15;/h4-11,22,27H,3,12-14,23H2,1-2H3,(H,24,25,29);1H/b22-19?,26-18-;. The second-order valence-electron chi connectivity index (χ2n) is 6.99. The number of oxime groups is 1. The number of hydrogen-bond acceptors (Lipinski definition) is 9. The Bertz CT molecular complexity index is 970. The Morgan fingerprint density at radius 1 is 1.28 bits per heavy atom. The van der Waals surface area contributed by atoms with Gasteiger partial charge in [-0.2, -0.15) is 5.53 Å². The number of carbonyl (C=O) groups is 1. The smallest absolute Gasteiger partial charge is 0.415 e. The van der Waals surface area contributed by atoms with Crippen molar-refractivity contribution in [3.63, 3.8) is 0 Å². The first-order valence-corrected chi connectivity index (χ1v) is 10.1. The number of amides is 1. The molecule has 172 valence electrons. The van der Waals surface area contributed by atoms with Crippen LogP contribution in [-0.4, -0.2) is 47.1 Å². The zero-order valence-electron chi connectivity index (χ0n) is 18.0. The second-order valence-corrected chi connectivity index (χ2v) is 6.99. The number of rotatable bonds is 10. The Morgan fingerprint density at radius 2 is 2.03 bits per heavy atom. The molecule has 1 aliphatic carbocycles. The Balaban J connectivity index is 0.00000385. The first-order valence-electron chi connectivity index (χ1n) is 10.1. The SMILES string of the molecule is CCOC1(OC(=O)Nc2cccc(CO/N=C(\C(=N)N(C)NN)c3ccccc3)n2)CC1.[HH]. The summed E-state index contributed by atoms with van der Waals surface area (Å²) < 4.78 is 10.8. The maximum absolute atomic E-state index is 12.1. The van der Waals surface area contributed by atoms with E-state index in [4.69, 9.17) is 25.6 Å². The van der Waals surface area contributed by atoms with Gasteiger partial charge in [-0.05, 0) is 19.1 Å². The number of hydrogen-bond donors (Lipinski definition) is 4. The zero-order chi connectivity index (χ0) is 23.0. The molecule has 11 heteroatoms. The number of anilines is 1. The van der Waals surface area contributed by atoms with Gasteiger partial charge in [0, 0.05) is 33.5 Å². The molecule has 0 unspecified atom stereocenters. The van der Waals surface area contributed by atoms with Crippen LogP contribution in [0.2, 0.25) is 0 Å². The van der Waals surface area contributed by atoms with Crippen molar-refractivity contribution < 1.29 is 20.5 Å². The summed E-state index contributed by atoms with van der Waals surface area (Å²) in [6.07, 6.45) is 0.735. The number of hydrazine groups is 2. The van der Waals surface area contributed by atoms with E-state index in [1.165, 1.54) is 5.01 Å². The highest BCUT2D eigenvalue weighted by atomic mass is 16.7. The van der Waals surface area contributed by atoms with Gasteiger partial charge in [-0.15, -0.1) is 0 Å². The van der Waals surface area contributed by atoms with Crippen molar-refractivity contribution in [1.29, 1.82) is 5.41 Å². The van der Waals surface area contributed by atoms with Crippen LogP contribution in [0.5, 0.6) is 0 Å². The van der Waals surface area contributed by atoms with E-state index < -0.39 is 11.9 Å². The van der Waals surface area contributed by atoms with Gasteiger partial charge in [0.15, 0.2) is 18.2 Å². The summed E-state index contributed by atoms with van der Waals surface area (Å²) in [6, 6.07) is 14.3. The predicted molar refractivity (Wildman–Crippen MR) is 121 cm³/mol. The number of amidine groups is 1. The number of nitrogens with two attached hydrogens (primary N) is 1. The van der Waals surface area contributed by atoms with E-state index in [0.29, 0.717) is 36.5 Å². The van der Waals surface area contributed by atoms with Crippen molar-refractivity contribution in [1.82, 2.24) is 15.5 Å². The first-order chi connectivity index (χ1) is 15.5. The Labute approximate surface area is 187 Å². The Hall–Kier alpha value is -3.54. The highest BCUT2D eigenvalue weighted by Crippen LogP contribution is 2.40. The molecule has 1 aromatic heterocycles. The van der Waals surface area contributed by atoms with Crippen LogP contribution in [0.25, 0.3) is 0 Å². The van der Waals surface area contributed by atoms with Gasteiger partial charge < -0.3 is 14.3 Å². The van der Waals surface area contributed by atoms with Crippen molar-refractivity contribution in [2.45, 2.75) is 32.2 Å². The van der Waals surface area contributed by atoms with E-state index in [9.17, 15) is 4.79 Å². The molecule has 1 aliphatic rings. The fraction of sp³-hybridized carbons (Fsp3) is 0.333. The fourth-order valence-corrected chi connectivity index (χ4v) is 2.78. The molecule has 0 spiro atoms. The molecule has 0 saturated heterocycles. The molecule has 1 saturated carbocycles. The lowest BCUT2D eigenvalue weighted by atomic mass is 10.1. The molecule has 1 aromatic carbocycles. The molecule has 0 aliphatic heterocycles. The summed E-state index contributed by atoms with van der Waals surface area (Å²) in [6.45, 7) is 2.35. The van der Waals surface area contributed by atoms with Crippen LogP contribution in [0.3, 0.4) is 0 Å². The number of likely N-dealkylation sites (N-methyl/N-ethyl adjacent to an activating group) is 1. The van der Waals surface area contributed by atoms with E-state index in [1.54, 1.807) is 25.2 Å². The third kappa shape index (κ3) is 6.23. The van der Waals surface area contributed by atoms with E-state index in [-0.39, 0.29) is 19.6 Å². The summed E-state index contributed by atoms with van der Waals surface area (Å²) >= 11 is 0. The molecule has 1 heterocycles. The van der Waals surface area contributed by atoms with Crippen LogP contribution in [0.4, 0.5) is 10.6 Å². The van der Waals surface area contributed by atoms with Crippen LogP contribution >= 0.6 is 0 Å². The van der Waals surface area contributed by atoms with Gasteiger partial charge in [0.1, 0.15) is 5.82 Å². The van der Waals surface area contributed by atoms with Crippen LogP contribution in [-0.2, 0) is 20.9 Å². The molecular formula is C21H29N7O4. The molecule has 1 amide bonds. The van der Waals surface area contributed by atoms with Crippen molar-refractivity contribution in [3.05, 3.63) is 59.8 Å². The highest BCUT2D eigenvalue weighted by Gasteiger charge is 2.48. The molecule has 0 radical (unpaired) electrons. The third-order valence-electron chi connectivity index (χ3n) is 4.55. The third-order valence-corrected chi connectivity index (χ3v) is 4.55. The Kier molecular flexibility index (Phi) is 7.71. The molecule has 1 fully saturated rings. The first kappa shape index (κ1) is 23.1. The van der Waals surface area contributed by atoms with Crippen molar-refractivity contribution in [3.8, 4) is 0 Å². The number of nitrogens with one attached hydrogen (secondary N) is 3. The maximum atomic E-state index is 12.1. The molecule has 11 nitrogen and oxygen atoms in total. The van der Waals surface area contributed by atoms with E-state index in [0.717, 1.165) is 0 Å². The van der Waals surface area contributed by atoms with Gasteiger partial charge in [-0.3, -0.25) is 21.6 Å². The maximum Gasteiger partial charge on any atom is 0.415 e. The number of nitrogens with zero attached hydrogens (tertiary/aromatic N) is 3. The normalized spacial score (nSPS) is 14.4. The summed E-state index contributed by atoms with van der Waals surface area (Å²) in [4.78, 5) is 21.9. The van der Waals surface area contributed by atoms with Crippen molar-refractivity contribution in [2.75, 3.05) is 19.0 Å². The molecule has 3 rings (SSSR count). The molecule has 2 aromatic rings. The topological polar surface area (TPSA) is 147 Å². The van der Waals surface area contributed by atoms with Crippen LogP contribution in [0.1, 0.15) is 32.4 Å². The van der Waals surface area contributed by atoms with Gasteiger partial charge in [-0.25, -0.2) is 9.78 Å². The highest BCUT2D eigenvalue weighted by molar-refractivity contribution is 6.46. The zero-order valence-corrected chi connectivity index (χ0v) is 18.0. The average Bonchev–Trinajstić information content (AvgIpc) is 3.55. The quantitative estimate of drug-likeness (QED) is 0.144. The van der Waals surface area contributed by atoms with Gasteiger partial charge in [-0.1, -0.05) is 41.6 Å². The van der Waals surface area contributed by atoms with Gasteiger partial charge in [0.05, 0.1) is 5.69 Å². The number of carbonyl (C=O) groups excluding carboxylic acids is 1. The molecule has 0 atom stereocenters. The monoisotopic (exact) mass is 443 g/mol. The summed E-state index contributed by atoms with van der Waals surface area (Å²) in [7, 11) is 1.59. The number of ether oxygens (including phenoxy) is 2. The molecular weight excluding hydrogens is 414 g/mol. The largest absolute Gasteiger partial charge is 0.417 e. The van der Waals surface area contributed by atoms with Crippen molar-refractivity contribution in [2.24, 2.45) is 11.0 Å². The van der Waals surface area contributed by atoms with Gasteiger partial charge >= 0.3 is 6.09 Å². The van der Waals surface area contributed by atoms with E-state index in [1.807, 2.05) is 37.3 Å². The van der Waals surface area contributed by atoms with Crippen LogP contribution in [0, 0.1) is 5.41 Å². The number of aromatic nitrogens is 1. The lowest BCUT2D eigenvalue weighted by molar-refractivity contribution is -0.120. The lowest BCUT2D eigenvalue weighted by Crippen LogP contribution is -2.46. The fourth-order valence-electron chi connectivity index (χ4n) is 2.78. The lowest BCUT2D eigenvalue weighted by Gasteiger charge is -2.19. The molecule has 5 N–H and O–H groups in total. The van der Waals surface area contributed by atoms with Crippen LogP contribution in [0.15, 0.2) is 53.7 Å². The second kappa shape index (κ2) is 10.7. The predicted octanol–water partition coefficient (Wildman–Crippen LogP) is 2.61. The van der Waals surface area contributed by atoms with Crippen LogP contribution < -0.4 is 16.7 Å². The van der Waals surface area contributed by atoms with Gasteiger partial charge in [0.2, 0.25) is 5.79 Å². The minimum Gasteiger partial charge on any atom is -0.417 e. The summed E-state index contributed by atoms with van der Waals surface area (Å²) in [5.41, 5.74) is 3.88. The minimum absolute atomic E-state index is 0. The van der Waals surface area contributed by atoms with Gasteiger partial charge in [0.25, 0.3) is 0 Å².